The molecule has 1 heterocycles. The molecular formula is C11H9F2NOS. The minimum absolute atomic E-state index is 0.151. The van der Waals surface area contributed by atoms with Crippen molar-refractivity contribution in [2.45, 2.75) is 12.5 Å². The fourth-order valence-electron chi connectivity index (χ4n) is 1.44. The van der Waals surface area contributed by atoms with Gasteiger partial charge in [0.15, 0.2) is 0 Å². The third-order valence-electron chi connectivity index (χ3n) is 2.14. The van der Waals surface area contributed by atoms with E-state index in [0.717, 1.165) is 6.07 Å². The maximum Gasteiger partial charge on any atom is 0.126 e. The van der Waals surface area contributed by atoms with Gasteiger partial charge in [-0.05, 0) is 17.7 Å². The van der Waals surface area contributed by atoms with Gasteiger partial charge in [-0.1, -0.05) is 0 Å². The monoisotopic (exact) mass is 241 g/mol. The Kier molecular flexibility index (Phi) is 3.26. The predicted octanol–water partition coefficient (Wildman–Crippen LogP) is 2.70. The molecule has 0 saturated heterocycles. The van der Waals surface area contributed by atoms with Crippen LogP contribution in [0, 0.1) is 11.6 Å². The lowest BCUT2D eigenvalue weighted by atomic mass is 10.1. The second-order valence-corrected chi connectivity index (χ2v) is 4.13. The van der Waals surface area contributed by atoms with E-state index in [4.69, 9.17) is 0 Å². The highest BCUT2D eigenvalue weighted by atomic mass is 32.1. The van der Waals surface area contributed by atoms with Gasteiger partial charge in [0.2, 0.25) is 0 Å². The summed E-state index contributed by atoms with van der Waals surface area (Å²) >= 11 is 1.37. The summed E-state index contributed by atoms with van der Waals surface area (Å²) in [5.74, 6) is -1.28. The first-order chi connectivity index (χ1) is 7.65. The molecule has 84 valence electrons. The van der Waals surface area contributed by atoms with Gasteiger partial charge in [0.1, 0.15) is 17.7 Å². The summed E-state index contributed by atoms with van der Waals surface area (Å²) in [6.07, 6.45) is -0.675. The Hall–Kier alpha value is -1.33. The van der Waals surface area contributed by atoms with Crippen molar-refractivity contribution < 1.29 is 13.9 Å². The molecule has 2 nitrogen and oxygen atoms in total. The minimum Gasteiger partial charge on any atom is -0.386 e. The Morgan fingerprint density at radius 2 is 1.94 bits per heavy atom. The van der Waals surface area contributed by atoms with Crippen molar-refractivity contribution in [3.05, 3.63) is 52.0 Å². The van der Waals surface area contributed by atoms with Crippen molar-refractivity contribution in [3.63, 3.8) is 0 Å². The average Bonchev–Trinajstić information content (AvgIpc) is 2.68. The standard InChI is InChI=1S/C11H9F2NOS/c12-8-1-7(2-9(13)4-8)3-11(15)10-5-16-6-14-10/h1-2,4-6,11,15H,3H2. The summed E-state index contributed by atoms with van der Waals surface area (Å²) < 4.78 is 25.8. The lowest BCUT2D eigenvalue weighted by molar-refractivity contribution is 0.174. The molecule has 0 aliphatic rings. The normalized spacial score (nSPS) is 12.7. The SMILES string of the molecule is OC(Cc1cc(F)cc(F)c1)c1cscn1. The summed E-state index contributed by atoms with van der Waals surface area (Å²) in [6, 6.07) is 3.22. The molecule has 2 aromatic rings. The molecule has 0 bridgehead atoms. The fraction of sp³-hybridized carbons (Fsp3) is 0.182. The van der Waals surface area contributed by atoms with E-state index >= 15 is 0 Å². The Morgan fingerprint density at radius 3 is 2.50 bits per heavy atom. The van der Waals surface area contributed by atoms with E-state index in [1.54, 1.807) is 10.9 Å². The molecule has 0 spiro atoms. The van der Waals surface area contributed by atoms with Crippen LogP contribution in [0.3, 0.4) is 0 Å². The van der Waals surface area contributed by atoms with E-state index in [1.165, 1.54) is 23.5 Å². The molecule has 2 rings (SSSR count). The predicted molar refractivity (Wildman–Crippen MR) is 57.1 cm³/mol. The lowest BCUT2D eigenvalue weighted by Crippen LogP contribution is -2.02. The molecule has 0 aliphatic heterocycles. The van der Waals surface area contributed by atoms with Gasteiger partial charge in [0.05, 0.1) is 11.2 Å². The largest absolute Gasteiger partial charge is 0.386 e. The molecule has 5 heteroatoms. The molecule has 1 atom stereocenters. The highest BCUT2D eigenvalue weighted by Gasteiger charge is 2.11. The van der Waals surface area contributed by atoms with Crippen molar-refractivity contribution in [1.82, 2.24) is 4.98 Å². The highest BCUT2D eigenvalue weighted by molar-refractivity contribution is 7.07. The number of aliphatic hydroxyl groups excluding tert-OH is 1. The molecule has 0 radical (unpaired) electrons. The molecule has 0 fully saturated rings. The molecule has 16 heavy (non-hydrogen) atoms. The van der Waals surface area contributed by atoms with Crippen molar-refractivity contribution in [2.75, 3.05) is 0 Å². The maximum atomic E-state index is 12.9. The zero-order valence-corrected chi connectivity index (χ0v) is 9.05. The Bertz CT molecular complexity index is 453. The summed E-state index contributed by atoms with van der Waals surface area (Å²) in [7, 11) is 0. The smallest absolute Gasteiger partial charge is 0.126 e. The highest BCUT2D eigenvalue weighted by Crippen LogP contribution is 2.19. The van der Waals surface area contributed by atoms with Gasteiger partial charge in [-0.25, -0.2) is 13.8 Å². The van der Waals surface area contributed by atoms with Crippen LogP contribution in [-0.4, -0.2) is 10.1 Å². The number of nitrogens with zero attached hydrogens (tertiary/aromatic N) is 1. The summed E-state index contributed by atoms with van der Waals surface area (Å²) in [6.45, 7) is 0. The second kappa shape index (κ2) is 4.67. The molecule has 1 N–H and O–H groups in total. The number of hydrogen-bond acceptors (Lipinski definition) is 3. The van der Waals surface area contributed by atoms with Crippen molar-refractivity contribution in [1.29, 1.82) is 0 Å². The first-order valence-corrected chi connectivity index (χ1v) is 5.60. The van der Waals surface area contributed by atoms with Gasteiger partial charge < -0.3 is 5.11 Å². The number of benzene rings is 1. The summed E-state index contributed by atoms with van der Waals surface area (Å²) in [4.78, 5) is 3.94. The van der Waals surface area contributed by atoms with E-state index in [2.05, 4.69) is 4.98 Å². The third kappa shape index (κ3) is 2.62. The fourth-order valence-corrected chi connectivity index (χ4v) is 2.04. The van der Waals surface area contributed by atoms with Crippen LogP contribution in [0.1, 0.15) is 17.4 Å². The van der Waals surface area contributed by atoms with Crippen molar-refractivity contribution in [2.24, 2.45) is 0 Å². The Morgan fingerprint density at radius 1 is 1.25 bits per heavy atom. The topological polar surface area (TPSA) is 33.1 Å². The third-order valence-corrected chi connectivity index (χ3v) is 2.75. The first-order valence-electron chi connectivity index (χ1n) is 4.66. The summed E-state index contributed by atoms with van der Waals surface area (Å²) in [5, 5.41) is 11.5. The molecule has 1 unspecified atom stereocenters. The van der Waals surface area contributed by atoms with Crippen molar-refractivity contribution in [3.8, 4) is 0 Å². The lowest BCUT2D eigenvalue weighted by Gasteiger charge is -2.07. The minimum atomic E-state index is -0.826. The van der Waals surface area contributed by atoms with Crippen LogP contribution in [0.2, 0.25) is 0 Å². The van der Waals surface area contributed by atoms with Gasteiger partial charge in [-0.3, -0.25) is 0 Å². The second-order valence-electron chi connectivity index (χ2n) is 3.41. The van der Waals surface area contributed by atoms with Crippen LogP contribution >= 0.6 is 11.3 Å². The average molecular weight is 241 g/mol. The van der Waals surface area contributed by atoms with Crippen LogP contribution in [0.15, 0.2) is 29.1 Å². The zero-order chi connectivity index (χ0) is 11.5. The molecule has 1 aromatic heterocycles. The molecule has 0 saturated carbocycles. The maximum absolute atomic E-state index is 12.9. The number of aromatic nitrogens is 1. The zero-order valence-electron chi connectivity index (χ0n) is 8.23. The van der Waals surface area contributed by atoms with Crippen molar-refractivity contribution >= 4 is 11.3 Å². The van der Waals surface area contributed by atoms with Crippen LogP contribution in [0.4, 0.5) is 8.78 Å². The van der Waals surface area contributed by atoms with Gasteiger partial charge >= 0.3 is 0 Å². The summed E-state index contributed by atoms with van der Waals surface area (Å²) in [5.41, 5.74) is 2.54. The van der Waals surface area contributed by atoms with Crippen LogP contribution in [-0.2, 0) is 6.42 Å². The molecule has 1 aromatic carbocycles. The number of halogens is 2. The molecule has 0 amide bonds. The number of thiazole rings is 1. The van der Waals surface area contributed by atoms with E-state index < -0.39 is 17.7 Å². The van der Waals surface area contributed by atoms with Gasteiger partial charge in [0.25, 0.3) is 0 Å². The molecule has 0 aliphatic carbocycles. The Balaban J connectivity index is 2.15. The Labute approximate surface area is 95.2 Å². The quantitative estimate of drug-likeness (QED) is 0.896. The van der Waals surface area contributed by atoms with Crippen LogP contribution in [0.25, 0.3) is 0 Å². The van der Waals surface area contributed by atoms with E-state index in [-0.39, 0.29) is 6.42 Å². The van der Waals surface area contributed by atoms with Crippen LogP contribution < -0.4 is 0 Å². The van der Waals surface area contributed by atoms with Gasteiger partial charge in [-0.2, -0.15) is 0 Å². The number of rotatable bonds is 3. The number of aliphatic hydroxyl groups is 1. The number of hydrogen-bond donors (Lipinski definition) is 1. The van der Waals surface area contributed by atoms with E-state index in [0.29, 0.717) is 11.3 Å². The van der Waals surface area contributed by atoms with E-state index in [9.17, 15) is 13.9 Å². The molecular weight excluding hydrogens is 232 g/mol. The first kappa shape index (κ1) is 11.2. The van der Waals surface area contributed by atoms with Crippen LogP contribution in [0.5, 0.6) is 0 Å². The van der Waals surface area contributed by atoms with Gasteiger partial charge in [-0.15, -0.1) is 11.3 Å². The van der Waals surface area contributed by atoms with Gasteiger partial charge in [0, 0.05) is 17.9 Å². The van der Waals surface area contributed by atoms with E-state index in [1.807, 2.05) is 0 Å².